The third-order valence-electron chi connectivity index (χ3n) is 28.3. The third-order valence-corrected chi connectivity index (χ3v) is 28.3. The van der Waals surface area contributed by atoms with Gasteiger partial charge in [-0.15, -0.1) is 0 Å². The minimum absolute atomic E-state index is 0.957. The van der Waals surface area contributed by atoms with Gasteiger partial charge in [-0.25, -0.2) is 0 Å². The molecule has 0 aliphatic heterocycles. The van der Waals surface area contributed by atoms with Crippen molar-refractivity contribution in [1.82, 2.24) is 0 Å². The summed E-state index contributed by atoms with van der Waals surface area (Å²) in [7, 11) is 0. The Balaban J connectivity index is 0.788. The average molecular weight is 1670 g/mol. The van der Waals surface area contributed by atoms with Gasteiger partial charge in [-0.1, -0.05) is 393 Å². The highest BCUT2D eigenvalue weighted by molar-refractivity contribution is 6.47. The normalized spacial score (nSPS) is 12.0. The molecular weight excluding hydrogens is 1550 g/mol. The summed E-state index contributed by atoms with van der Waals surface area (Å²) >= 11 is 0. The SMILES string of the molecule is CCCCCCCCNc1ccc(-c2c3c(c(-c4ccc(NCCCCCCCC)cc4)c4ccccc24)-c2ccc(-c4ccc5c6c(-c7ccc(NCCCCCCCC)cc7)c7c8ccc(-c9cc(-c%10ccccc%10)cc%10cc(-c%11ccccc%11)ccc9%10)c9cccc(c7c(-c7ccc(NCCCCCCCC)cc7)c6c6cccc4c65)c98)c4cccc-3c24)cc1. The lowest BCUT2D eigenvalue weighted by Gasteiger charge is -2.21. The van der Waals surface area contributed by atoms with Gasteiger partial charge in [-0.3, -0.25) is 0 Å². The van der Waals surface area contributed by atoms with Crippen LogP contribution >= 0.6 is 0 Å². The van der Waals surface area contributed by atoms with Crippen LogP contribution in [-0.2, 0) is 0 Å². The highest BCUT2D eigenvalue weighted by atomic mass is 14.9. The van der Waals surface area contributed by atoms with E-state index in [4.69, 9.17) is 0 Å². The van der Waals surface area contributed by atoms with Gasteiger partial charge in [0.05, 0.1) is 0 Å². The number of nitrogens with one attached hydrogen (secondary N) is 4. The standard InChI is InChI=1S/C124H122N4/c1-5-9-13-17-21-33-76-125-92-61-52-85(53-62-92)112-103-44-31-32-45-104(103)113(86-54-63-93(64-55-86)126-77-34-22-18-14-10-6-2)120-108-73-70-97(100-46-37-49-105(116(100)108)119(112)120)98-71-74-109-117-101(98)47-38-50-106(117)121-114(87-56-65-94(66-57-87)127-78-35-23-19-15-11-7-3)122-107-51-39-48-102-99(111-82-90(84-42-29-26-30-43-84)81-91-80-89(60-69-96(91)111)83-40-27-25-28-41-83)72-75-110(118(102)107)124(122)115(123(109)121)88-58-67-95(68-59-88)128-79-36-24-20-16-12-8-4/h25-32,37-75,80-82,125-128H,5-24,33-36,76-79H2,1-4H3. The van der Waals surface area contributed by atoms with Crippen LogP contribution in [0, 0.1) is 0 Å². The van der Waals surface area contributed by atoms with Crippen molar-refractivity contribution in [3.63, 3.8) is 0 Å². The summed E-state index contributed by atoms with van der Waals surface area (Å²) in [6, 6.07) is 118. The van der Waals surface area contributed by atoms with Crippen molar-refractivity contribution in [3.8, 4) is 111 Å². The topological polar surface area (TPSA) is 48.1 Å². The molecule has 1 aliphatic carbocycles. The van der Waals surface area contributed by atoms with Gasteiger partial charge >= 0.3 is 0 Å². The minimum atomic E-state index is 0.957. The van der Waals surface area contributed by atoms with Crippen molar-refractivity contribution < 1.29 is 0 Å². The summed E-state index contributed by atoms with van der Waals surface area (Å²) in [4.78, 5) is 0. The summed E-state index contributed by atoms with van der Waals surface area (Å²) in [5, 5.41) is 38.5. The van der Waals surface area contributed by atoms with Crippen LogP contribution in [-0.4, -0.2) is 26.2 Å². The van der Waals surface area contributed by atoms with Crippen molar-refractivity contribution in [2.45, 2.75) is 182 Å². The van der Waals surface area contributed by atoms with Crippen molar-refractivity contribution in [1.29, 1.82) is 0 Å². The molecule has 0 spiro atoms. The van der Waals surface area contributed by atoms with E-state index in [1.54, 1.807) is 0 Å². The van der Waals surface area contributed by atoms with E-state index < -0.39 is 0 Å². The van der Waals surface area contributed by atoms with E-state index in [1.165, 1.54) is 372 Å². The highest BCUT2D eigenvalue weighted by Gasteiger charge is 2.34. The predicted octanol–water partition coefficient (Wildman–Crippen LogP) is 37.0. The molecule has 128 heavy (non-hydrogen) atoms. The third kappa shape index (κ3) is 16.3. The van der Waals surface area contributed by atoms with E-state index in [9.17, 15) is 0 Å². The lowest BCUT2D eigenvalue weighted by molar-refractivity contribution is 0.617. The van der Waals surface area contributed by atoms with Crippen molar-refractivity contribution >= 4 is 120 Å². The van der Waals surface area contributed by atoms with Gasteiger partial charge < -0.3 is 21.3 Å². The summed E-state index contributed by atoms with van der Waals surface area (Å²) in [5.41, 5.74) is 29.8. The van der Waals surface area contributed by atoms with Gasteiger partial charge in [0.15, 0.2) is 0 Å². The molecule has 0 saturated heterocycles. The Bertz CT molecular complexity index is 6880. The van der Waals surface area contributed by atoms with Crippen LogP contribution < -0.4 is 21.3 Å². The molecule has 638 valence electrons. The number of hydrogen-bond donors (Lipinski definition) is 4. The minimum Gasteiger partial charge on any atom is -0.385 e. The summed E-state index contributed by atoms with van der Waals surface area (Å²) < 4.78 is 0. The molecule has 4 heteroatoms. The molecule has 4 nitrogen and oxygen atoms in total. The van der Waals surface area contributed by atoms with Crippen LogP contribution in [0.2, 0.25) is 0 Å². The zero-order valence-electron chi connectivity index (χ0n) is 75.7. The largest absolute Gasteiger partial charge is 0.385 e. The van der Waals surface area contributed by atoms with Crippen molar-refractivity contribution in [2.24, 2.45) is 0 Å². The van der Waals surface area contributed by atoms with Crippen LogP contribution in [0.4, 0.5) is 22.7 Å². The first-order valence-electron chi connectivity index (χ1n) is 49.0. The van der Waals surface area contributed by atoms with Crippen molar-refractivity contribution in [3.05, 3.63) is 303 Å². The molecule has 4 N–H and O–H groups in total. The summed E-state index contributed by atoms with van der Waals surface area (Å²) in [5.74, 6) is 0. The Kier molecular flexibility index (Phi) is 25.1. The molecule has 0 bridgehead atoms. The van der Waals surface area contributed by atoms with E-state index >= 15 is 0 Å². The Labute approximate surface area is 758 Å². The maximum absolute atomic E-state index is 3.90. The first-order valence-corrected chi connectivity index (χ1v) is 49.0. The van der Waals surface area contributed by atoms with E-state index in [-0.39, 0.29) is 0 Å². The fourth-order valence-corrected chi connectivity index (χ4v) is 21.9. The molecule has 0 aromatic heterocycles. The molecule has 0 atom stereocenters. The molecule has 0 fully saturated rings. The quantitative estimate of drug-likeness (QED) is 0.0289. The van der Waals surface area contributed by atoms with E-state index in [0.29, 0.717) is 0 Å². The fraction of sp³-hybridized carbons (Fsp3) is 0.258. The lowest BCUT2D eigenvalue weighted by atomic mass is 9.82. The number of anilines is 4. The molecule has 0 heterocycles. The Hall–Kier alpha value is -12.8. The zero-order valence-corrected chi connectivity index (χ0v) is 75.7. The molecule has 19 aromatic rings. The van der Waals surface area contributed by atoms with Gasteiger partial charge in [0.25, 0.3) is 0 Å². The number of unbranched alkanes of at least 4 members (excludes halogenated alkanes) is 20. The van der Waals surface area contributed by atoms with E-state index in [1.807, 2.05) is 0 Å². The highest BCUT2D eigenvalue weighted by Crippen LogP contribution is 2.62. The zero-order chi connectivity index (χ0) is 86.2. The van der Waals surface area contributed by atoms with Crippen LogP contribution in [0.15, 0.2) is 303 Å². The van der Waals surface area contributed by atoms with E-state index in [2.05, 4.69) is 352 Å². The molecule has 1 aliphatic rings. The second kappa shape index (κ2) is 38.4. The maximum Gasteiger partial charge on any atom is 0.0340 e. The van der Waals surface area contributed by atoms with Gasteiger partial charge in [-0.2, -0.15) is 0 Å². The molecule has 19 aromatic carbocycles. The van der Waals surface area contributed by atoms with Crippen LogP contribution in [0.3, 0.4) is 0 Å². The van der Waals surface area contributed by atoms with Crippen LogP contribution in [0.25, 0.3) is 208 Å². The summed E-state index contributed by atoms with van der Waals surface area (Å²) in [6.07, 6.45) is 30.5. The van der Waals surface area contributed by atoms with Crippen LogP contribution in [0.1, 0.15) is 182 Å². The first-order chi connectivity index (χ1) is 63.4. The molecule has 0 saturated carbocycles. The Morgan fingerprint density at radius 3 is 0.859 bits per heavy atom. The number of benzene rings is 17. The fourth-order valence-electron chi connectivity index (χ4n) is 21.9. The Morgan fingerprint density at radius 1 is 0.156 bits per heavy atom. The second-order valence-electron chi connectivity index (χ2n) is 36.7. The Morgan fingerprint density at radius 2 is 0.445 bits per heavy atom. The monoisotopic (exact) mass is 1670 g/mol. The van der Waals surface area contributed by atoms with Gasteiger partial charge in [0.2, 0.25) is 0 Å². The number of rotatable bonds is 40. The summed E-state index contributed by atoms with van der Waals surface area (Å²) in [6.45, 7) is 13.1. The molecule has 0 unspecified atom stereocenters. The number of hydrogen-bond acceptors (Lipinski definition) is 4. The predicted molar refractivity (Wildman–Crippen MR) is 562 cm³/mol. The van der Waals surface area contributed by atoms with Crippen molar-refractivity contribution in [2.75, 3.05) is 47.4 Å². The molecule has 0 radical (unpaired) electrons. The molecule has 0 amide bonds. The smallest absolute Gasteiger partial charge is 0.0340 e. The second-order valence-corrected chi connectivity index (χ2v) is 36.7. The lowest BCUT2D eigenvalue weighted by Crippen LogP contribution is -2.01. The van der Waals surface area contributed by atoms with Gasteiger partial charge in [0.1, 0.15) is 0 Å². The van der Waals surface area contributed by atoms with Gasteiger partial charge in [-0.05, 0) is 301 Å². The number of fused-ring (bicyclic) bond motifs is 11. The average Bonchev–Trinajstić information content (AvgIpc) is 1.51. The first kappa shape index (κ1) is 83.5. The molecule has 20 rings (SSSR count). The van der Waals surface area contributed by atoms with Gasteiger partial charge in [0, 0.05) is 48.9 Å². The van der Waals surface area contributed by atoms with Crippen LogP contribution in [0.5, 0.6) is 0 Å². The van der Waals surface area contributed by atoms with E-state index in [0.717, 1.165) is 39.0 Å². The maximum atomic E-state index is 3.90. The molecular formula is C124H122N4.